The minimum atomic E-state index is -0.733. The van der Waals surface area contributed by atoms with E-state index in [9.17, 15) is 14.4 Å². The smallest absolute Gasteiger partial charge is 0.332 e. The minimum Gasteiger partial charge on any atom is -0.497 e. The highest BCUT2D eigenvalue weighted by atomic mass is 16.5. The maximum Gasteiger partial charge on any atom is 0.332 e. The van der Waals surface area contributed by atoms with Crippen molar-refractivity contribution in [1.82, 2.24) is 25.1 Å². The molecule has 2 atom stereocenters. The van der Waals surface area contributed by atoms with Gasteiger partial charge in [0.05, 0.1) is 20.2 Å². The van der Waals surface area contributed by atoms with Crippen LogP contribution in [0.4, 0.5) is 4.79 Å². The molecular weight excluding hydrogens is 530 g/mol. The van der Waals surface area contributed by atoms with Crippen molar-refractivity contribution in [2.75, 3.05) is 27.2 Å². The fourth-order valence-electron chi connectivity index (χ4n) is 6.09. The van der Waals surface area contributed by atoms with Crippen LogP contribution < -0.4 is 10.1 Å². The summed E-state index contributed by atoms with van der Waals surface area (Å²) in [6, 6.07) is 20.7. The zero-order valence-corrected chi connectivity index (χ0v) is 23.9. The summed E-state index contributed by atoms with van der Waals surface area (Å²) in [6.45, 7) is 1.04. The summed E-state index contributed by atoms with van der Waals surface area (Å²) < 4.78 is 5.21. The van der Waals surface area contributed by atoms with Crippen molar-refractivity contribution >= 4 is 28.6 Å². The van der Waals surface area contributed by atoms with Gasteiger partial charge in [-0.2, -0.15) is 5.01 Å². The maximum atomic E-state index is 14.1. The number of hydrogen-bond acceptors (Lipinski definition) is 5. The predicted molar refractivity (Wildman–Crippen MR) is 160 cm³/mol. The van der Waals surface area contributed by atoms with Crippen molar-refractivity contribution in [3.8, 4) is 5.75 Å². The number of carbonyl (C=O) groups is 3. The first-order valence-electron chi connectivity index (χ1n) is 14.3. The van der Waals surface area contributed by atoms with Crippen molar-refractivity contribution in [2.24, 2.45) is 0 Å². The van der Waals surface area contributed by atoms with Crippen LogP contribution in [0, 0.1) is 0 Å². The lowest BCUT2D eigenvalue weighted by atomic mass is 9.95. The lowest BCUT2D eigenvalue weighted by Gasteiger charge is -2.46. The molecule has 2 heterocycles. The monoisotopic (exact) mass is 565 g/mol. The molecule has 3 aliphatic rings. The number of nitrogens with zero attached hydrogens (tertiary/aromatic N) is 4. The lowest BCUT2D eigenvalue weighted by molar-refractivity contribution is -0.154. The third kappa shape index (κ3) is 5.23. The first-order valence-corrected chi connectivity index (χ1v) is 14.3. The average Bonchev–Trinajstić information content (AvgIpc) is 3.35. The molecule has 0 spiro atoms. The molecule has 42 heavy (non-hydrogen) atoms. The van der Waals surface area contributed by atoms with Crippen LogP contribution >= 0.6 is 0 Å². The Kier molecular flexibility index (Phi) is 7.67. The number of methoxy groups -OCH3 is 1. The second-order valence-electron chi connectivity index (χ2n) is 10.9. The molecule has 2 aliphatic heterocycles. The normalized spacial score (nSPS) is 20.5. The molecule has 0 radical (unpaired) electrons. The summed E-state index contributed by atoms with van der Waals surface area (Å²) in [5.41, 5.74) is 2.81. The molecule has 2 fully saturated rings. The molecular formula is C33H35N5O4. The van der Waals surface area contributed by atoms with Gasteiger partial charge in [0.25, 0.3) is 0 Å². The molecule has 9 heteroatoms. The van der Waals surface area contributed by atoms with Gasteiger partial charge in [-0.05, 0) is 52.4 Å². The van der Waals surface area contributed by atoms with Gasteiger partial charge in [-0.15, -0.1) is 0 Å². The Morgan fingerprint density at radius 1 is 1.02 bits per heavy atom. The third-order valence-corrected chi connectivity index (χ3v) is 8.32. The van der Waals surface area contributed by atoms with Crippen LogP contribution in [0.5, 0.6) is 5.75 Å². The number of carbonyl (C=O) groups excluding carboxylic acids is 3. The van der Waals surface area contributed by atoms with Gasteiger partial charge in [0.2, 0.25) is 11.8 Å². The standard InChI is InChI=1S/C33H35N5O4/c1-35(33(41)34-19-23-15-17-27(42-2)18-16-23)37-22-30(39)38-29(37)21-36(32(40)31(38)25-10-4-3-5-11-25)20-26-13-8-12-24-9-6-7-14-28(24)26/h4,6-18,29,31H,3,5,19-22H2,1-2H3,(H,34,41)/t29-,31+/m1/s1. The highest BCUT2D eigenvalue weighted by molar-refractivity contribution is 5.94. The van der Waals surface area contributed by atoms with E-state index in [1.54, 1.807) is 24.1 Å². The van der Waals surface area contributed by atoms with Gasteiger partial charge in [-0.3, -0.25) is 14.6 Å². The van der Waals surface area contributed by atoms with E-state index in [1.807, 2.05) is 59.5 Å². The summed E-state index contributed by atoms with van der Waals surface area (Å²) in [6.07, 6.45) is 7.32. The Balaban J connectivity index is 1.26. The van der Waals surface area contributed by atoms with Crippen LogP contribution in [0.3, 0.4) is 0 Å². The number of urea groups is 1. The quantitative estimate of drug-likeness (QED) is 0.467. The first kappa shape index (κ1) is 27.5. The number of piperazine rings is 1. The van der Waals surface area contributed by atoms with Crippen LogP contribution in [0.1, 0.15) is 24.0 Å². The Bertz CT molecular complexity index is 1560. The van der Waals surface area contributed by atoms with Crippen LogP contribution in [0.2, 0.25) is 0 Å². The van der Waals surface area contributed by atoms with E-state index in [0.29, 0.717) is 13.1 Å². The van der Waals surface area contributed by atoms with E-state index in [0.717, 1.165) is 46.1 Å². The van der Waals surface area contributed by atoms with Gasteiger partial charge in [-0.1, -0.05) is 72.8 Å². The second kappa shape index (κ2) is 11.7. The number of hydrazine groups is 1. The second-order valence-corrected chi connectivity index (χ2v) is 10.9. The molecule has 0 saturated carbocycles. The Labute approximate surface area is 245 Å². The molecule has 0 aromatic heterocycles. The van der Waals surface area contributed by atoms with Gasteiger partial charge in [-0.25, -0.2) is 4.79 Å². The molecule has 3 aromatic carbocycles. The molecule has 0 bridgehead atoms. The van der Waals surface area contributed by atoms with Gasteiger partial charge >= 0.3 is 6.03 Å². The molecule has 6 rings (SSSR count). The molecule has 1 N–H and O–H groups in total. The number of ether oxygens (including phenoxy) is 1. The highest BCUT2D eigenvalue weighted by Gasteiger charge is 2.52. The van der Waals surface area contributed by atoms with Crippen LogP contribution in [-0.2, 0) is 22.7 Å². The van der Waals surface area contributed by atoms with E-state index in [4.69, 9.17) is 4.74 Å². The van der Waals surface area contributed by atoms with E-state index < -0.39 is 12.2 Å². The third-order valence-electron chi connectivity index (χ3n) is 8.32. The SMILES string of the molecule is COc1ccc(CNC(=O)N(C)N2CC(=O)N3[C@@H](C4=CCCC=C4)C(=O)N(Cc4cccc5ccccc45)C[C@@H]32)cc1. The van der Waals surface area contributed by atoms with E-state index in [2.05, 4.69) is 35.7 Å². The average molecular weight is 566 g/mol. The van der Waals surface area contributed by atoms with Crippen molar-refractivity contribution in [3.05, 3.63) is 102 Å². The van der Waals surface area contributed by atoms with Crippen molar-refractivity contribution < 1.29 is 19.1 Å². The molecule has 216 valence electrons. The number of amides is 4. The zero-order valence-electron chi connectivity index (χ0n) is 23.9. The number of allylic oxidation sites excluding steroid dienone is 2. The summed E-state index contributed by atoms with van der Waals surface area (Å²) in [5, 5.41) is 8.40. The molecule has 3 aromatic rings. The first-order chi connectivity index (χ1) is 20.4. The molecule has 9 nitrogen and oxygen atoms in total. The summed E-state index contributed by atoms with van der Waals surface area (Å²) in [7, 11) is 3.28. The van der Waals surface area contributed by atoms with E-state index in [1.165, 1.54) is 5.01 Å². The highest BCUT2D eigenvalue weighted by Crippen LogP contribution is 2.33. The van der Waals surface area contributed by atoms with E-state index >= 15 is 0 Å². The predicted octanol–water partition coefficient (Wildman–Crippen LogP) is 4.06. The largest absolute Gasteiger partial charge is 0.497 e. The lowest BCUT2D eigenvalue weighted by Crippen LogP contribution is -2.65. The molecule has 1 aliphatic carbocycles. The number of fused-ring (bicyclic) bond motifs is 2. The molecule has 4 amide bonds. The fraction of sp³-hybridized carbons (Fsp3) is 0.303. The Morgan fingerprint density at radius 2 is 1.81 bits per heavy atom. The van der Waals surface area contributed by atoms with Crippen LogP contribution in [-0.4, -0.2) is 77.1 Å². The van der Waals surface area contributed by atoms with Gasteiger partial charge in [0.1, 0.15) is 18.0 Å². The minimum absolute atomic E-state index is 0.0139. The Hall–Kier alpha value is -4.63. The van der Waals surface area contributed by atoms with Gasteiger partial charge in [0, 0.05) is 20.1 Å². The van der Waals surface area contributed by atoms with Gasteiger partial charge < -0.3 is 19.9 Å². The summed E-state index contributed by atoms with van der Waals surface area (Å²) >= 11 is 0. The van der Waals surface area contributed by atoms with Crippen LogP contribution in [0.15, 0.2) is 90.5 Å². The summed E-state index contributed by atoms with van der Waals surface area (Å²) in [4.78, 5) is 44.4. The van der Waals surface area contributed by atoms with Crippen LogP contribution in [0.25, 0.3) is 10.8 Å². The molecule has 0 unspecified atom stereocenters. The topological polar surface area (TPSA) is 85.4 Å². The zero-order chi connectivity index (χ0) is 29.2. The number of benzene rings is 3. The van der Waals surface area contributed by atoms with Crippen molar-refractivity contribution in [1.29, 1.82) is 0 Å². The Morgan fingerprint density at radius 3 is 2.57 bits per heavy atom. The van der Waals surface area contributed by atoms with E-state index in [-0.39, 0.29) is 30.9 Å². The van der Waals surface area contributed by atoms with Crippen molar-refractivity contribution in [2.45, 2.75) is 38.1 Å². The summed E-state index contributed by atoms with van der Waals surface area (Å²) in [5.74, 6) is 0.479. The number of rotatable bonds is 7. The van der Waals surface area contributed by atoms with Crippen molar-refractivity contribution in [3.63, 3.8) is 0 Å². The number of nitrogens with one attached hydrogen (secondary N) is 1. The molecule has 2 saturated heterocycles. The van der Waals surface area contributed by atoms with Gasteiger partial charge in [0.15, 0.2) is 0 Å². The fourth-order valence-corrected chi connectivity index (χ4v) is 6.09. The maximum absolute atomic E-state index is 14.1. The number of hydrogen-bond donors (Lipinski definition) is 1.